The van der Waals surface area contributed by atoms with Gasteiger partial charge in [-0.25, -0.2) is 0 Å². The van der Waals surface area contributed by atoms with Gasteiger partial charge < -0.3 is 5.32 Å². The Bertz CT molecular complexity index is 692. The average Bonchev–Trinajstić information content (AvgIpc) is 2.48. The van der Waals surface area contributed by atoms with E-state index >= 15 is 0 Å². The Kier molecular flexibility index (Phi) is 3.31. The summed E-state index contributed by atoms with van der Waals surface area (Å²) >= 11 is 1.24. The third kappa shape index (κ3) is 2.52. The van der Waals surface area contributed by atoms with Crippen molar-refractivity contribution in [2.24, 2.45) is 5.14 Å². The van der Waals surface area contributed by atoms with Crippen LogP contribution in [-0.2, 0) is 0 Å². The monoisotopic (exact) mass is 268 g/mol. The van der Waals surface area contributed by atoms with Crippen molar-refractivity contribution in [3.8, 4) is 0 Å². The summed E-state index contributed by atoms with van der Waals surface area (Å²) in [6.07, 6.45) is 5.30. The van der Waals surface area contributed by atoms with Gasteiger partial charge in [-0.05, 0) is 48.3 Å². The molecule has 0 aliphatic carbocycles. The van der Waals surface area contributed by atoms with Crippen LogP contribution in [0.5, 0.6) is 0 Å². The van der Waals surface area contributed by atoms with E-state index in [2.05, 4.69) is 15.3 Å². The minimum Gasteiger partial charge on any atom is -0.355 e. The number of rotatable bonds is 3. The molecule has 3 rings (SSSR count). The molecule has 94 valence electrons. The van der Waals surface area contributed by atoms with Crippen LogP contribution in [0.25, 0.3) is 10.9 Å². The van der Waals surface area contributed by atoms with Crippen molar-refractivity contribution in [1.82, 2.24) is 9.97 Å². The van der Waals surface area contributed by atoms with Crippen molar-refractivity contribution < 1.29 is 0 Å². The lowest BCUT2D eigenvalue weighted by molar-refractivity contribution is 1.31. The van der Waals surface area contributed by atoms with Gasteiger partial charge in [-0.15, -0.1) is 0 Å². The second-order valence-electron chi connectivity index (χ2n) is 4.02. The molecule has 0 spiro atoms. The van der Waals surface area contributed by atoms with Gasteiger partial charge in [-0.3, -0.25) is 15.1 Å². The standard InChI is InChI=1S/C14H12N4S/c15-19-11-3-1-10(2-4-11)18-13-6-8-17-14-9-16-7-5-12(13)14/h1-9H,15H2,(H,17,18). The molecule has 0 radical (unpaired) electrons. The molecular formula is C14H12N4S. The van der Waals surface area contributed by atoms with Crippen LogP contribution in [0.15, 0.2) is 59.9 Å². The number of pyridine rings is 2. The maximum atomic E-state index is 5.51. The quantitative estimate of drug-likeness (QED) is 0.713. The molecule has 0 fully saturated rings. The molecule has 0 unspecified atom stereocenters. The second kappa shape index (κ2) is 5.26. The first-order chi connectivity index (χ1) is 9.36. The van der Waals surface area contributed by atoms with Crippen LogP contribution in [0.2, 0.25) is 0 Å². The number of nitrogens with one attached hydrogen (secondary N) is 1. The third-order valence-electron chi connectivity index (χ3n) is 2.81. The van der Waals surface area contributed by atoms with Crippen LogP contribution < -0.4 is 10.5 Å². The Balaban J connectivity index is 1.96. The molecule has 2 aromatic heterocycles. The number of nitrogens with zero attached hydrogens (tertiary/aromatic N) is 2. The van der Waals surface area contributed by atoms with Crippen LogP contribution in [0, 0.1) is 0 Å². The van der Waals surface area contributed by atoms with E-state index in [4.69, 9.17) is 5.14 Å². The van der Waals surface area contributed by atoms with Gasteiger partial charge in [-0.2, -0.15) is 0 Å². The molecule has 0 atom stereocenters. The molecular weight excluding hydrogens is 256 g/mol. The zero-order valence-corrected chi connectivity index (χ0v) is 10.9. The molecule has 4 nitrogen and oxygen atoms in total. The highest BCUT2D eigenvalue weighted by Gasteiger charge is 2.02. The summed E-state index contributed by atoms with van der Waals surface area (Å²) < 4.78 is 0. The van der Waals surface area contributed by atoms with E-state index in [1.807, 2.05) is 36.4 Å². The van der Waals surface area contributed by atoms with Crippen LogP contribution >= 0.6 is 11.9 Å². The molecule has 0 aliphatic rings. The van der Waals surface area contributed by atoms with Crippen LogP contribution in [0.1, 0.15) is 0 Å². The fraction of sp³-hybridized carbons (Fsp3) is 0. The fourth-order valence-corrected chi connectivity index (χ4v) is 2.17. The molecule has 0 saturated carbocycles. The van der Waals surface area contributed by atoms with E-state index in [0.717, 1.165) is 27.2 Å². The van der Waals surface area contributed by atoms with E-state index in [1.54, 1.807) is 18.6 Å². The van der Waals surface area contributed by atoms with Crippen molar-refractivity contribution in [3.63, 3.8) is 0 Å². The lowest BCUT2D eigenvalue weighted by atomic mass is 10.2. The third-order valence-corrected chi connectivity index (χ3v) is 3.36. The van der Waals surface area contributed by atoms with Crippen molar-refractivity contribution in [2.75, 3.05) is 5.32 Å². The van der Waals surface area contributed by atoms with E-state index in [0.29, 0.717) is 0 Å². The summed E-state index contributed by atoms with van der Waals surface area (Å²) in [4.78, 5) is 9.40. The van der Waals surface area contributed by atoms with Crippen molar-refractivity contribution in [1.29, 1.82) is 0 Å². The molecule has 1 aromatic carbocycles. The van der Waals surface area contributed by atoms with Crippen molar-refractivity contribution in [3.05, 3.63) is 55.0 Å². The zero-order valence-electron chi connectivity index (χ0n) is 10.1. The molecule has 19 heavy (non-hydrogen) atoms. The van der Waals surface area contributed by atoms with Gasteiger partial charge in [0.1, 0.15) is 0 Å². The number of aromatic nitrogens is 2. The molecule has 0 amide bonds. The Morgan fingerprint density at radius 1 is 1.00 bits per heavy atom. The lowest BCUT2D eigenvalue weighted by Crippen LogP contribution is -1.93. The molecule has 3 N–H and O–H groups in total. The number of hydrogen-bond acceptors (Lipinski definition) is 5. The molecule has 0 saturated heterocycles. The summed E-state index contributed by atoms with van der Waals surface area (Å²) in [6.45, 7) is 0. The van der Waals surface area contributed by atoms with Crippen LogP contribution in [0.3, 0.4) is 0 Å². The van der Waals surface area contributed by atoms with E-state index in [9.17, 15) is 0 Å². The van der Waals surface area contributed by atoms with Gasteiger partial charge in [0.25, 0.3) is 0 Å². The van der Waals surface area contributed by atoms with Crippen LogP contribution in [0.4, 0.5) is 11.4 Å². The van der Waals surface area contributed by atoms with Gasteiger partial charge in [-0.1, -0.05) is 0 Å². The summed E-state index contributed by atoms with van der Waals surface area (Å²) in [7, 11) is 0. The largest absolute Gasteiger partial charge is 0.355 e. The highest BCUT2D eigenvalue weighted by atomic mass is 32.2. The number of nitrogens with two attached hydrogens (primary N) is 1. The van der Waals surface area contributed by atoms with E-state index in [-0.39, 0.29) is 0 Å². The smallest absolute Gasteiger partial charge is 0.0905 e. The molecule has 5 heteroatoms. The predicted molar refractivity (Wildman–Crippen MR) is 79.3 cm³/mol. The number of benzene rings is 1. The van der Waals surface area contributed by atoms with E-state index < -0.39 is 0 Å². The summed E-state index contributed by atoms with van der Waals surface area (Å²) in [5.74, 6) is 0. The second-order valence-corrected chi connectivity index (χ2v) is 4.73. The SMILES string of the molecule is NSc1ccc(Nc2ccnc3cnccc23)cc1. The molecule has 0 aliphatic heterocycles. The Labute approximate surface area is 115 Å². The maximum absolute atomic E-state index is 5.51. The molecule has 3 aromatic rings. The molecule has 2 heterocycles. The first-order valence-electron chi connectivity index (χ1n) is 5.79. The van der Waals surface area contributed by atoms with Crippen LogP contribution in [-0.4, -0.2) is 9.97 Å². The minimum absolute atomic E-state index is 0.877. The highest BCUT2D eigenvalue weighted by molar-refractivity contribution is 7.97. The average molecular weight is 268 g/mol. The first-order valence-corrected chi connectivity index (χ1v) is 6.67. The first kappa shape index (κ1) is 12.0. The summed E-state index contributed by atoms with van der Waals surface area (Å²) in [5, 5.41) is 9.94. The van der Waals surface area contributed by atoms with Gasteiger partial charge >= 0.3 is 0 Å². The minimum atomic E-state index is 0.877. The maximum Gasteiger partial charge on any atom is 0.0905 e. The Morgan fingerprint density at radius 3 is 2.63 bits per heavy atom. The summed E-state index contributed by atoms with van der Waals surface area (Å²) in [6, 6.07) is 11.9. The van der Waals surface area contributed by atoms with Gasteiger partial charge in [0.2, 0.25) is 0 Å². The van der Waals surface area contributed by atoms with Gasteiger partial charge in [0.15, 0.2) is 0 Å². The topological polar surface area (TPSA) is 63.8 Å². The Hall–Kier alpha value is -2.11. The van der Waals surface area contributed by atoms with Gasteiger partial charge in [0.05, 0.1) is 11.7 Å². The number of hydrogen-bond donors (Lipinski definition) is 2. The van der Waals surface area contributed by atoms with E-state index in [1.165, 1.54) is 11.9 Å². The number of anilines is 2. The Morgan fingerprint density at radius 2 is 1.84 bits per heavy atom. The lowest BCUT2D eigenvalue weighted by Gasteiger charge is -2.09. The number of fused-ring (bicyclic) bond motifs is 1. The summed E-state index contributed by atoms with van der Waals surface area (Å²) in [5.41, 5.74) is 2.91. The normalized spacial score (nSPS) is 10.6. The van der Waals surface area contributed by atoms with Crippen molar-refractivity contribution >= 4 is 34.2 Å². The molecule has 0 bridgehead atoms. The predicted octanol–water partition coefficient (Wildman–Crippen LogP) is 3.34. The highest BCUT2D eigenvalue weighted by Crippen LogP contribution is 2.25. The van der Waals surface area contributed by atoms with Crippen molar-refractivity contribution in [2.45, 2.75) is 4.90 Å². The fourth-order valence-electron chi connectivity index (χ4n) is 1.88. The zero-order chi connectivity index (χ0) is 13.1. The van der Waals surface area contributed by atoms with Gasteiger partial charge in [0, 0.05) is 34.1 Å².